The molecule has 0 aromatic heterocycles. The summed E-state index contributed by atoms with van der Waals surface area (Å²) in [6.45, 7) is 10.7. The molecule has 0 bridgehead atoms. The fourth-order valence-electron chi connectivity index (χ4n) is 2.67. The van der Waals surface area contributed by atoms with E-state index in [-0.39, 0.29) is 5.91 Å². The Morgan fingerprint density at radius 3 is 2.38 bits per heavy atom. The number of carbonyl (C=O) groups excluding carboxylic acids is 1. The van der Waals surface area contributed by atoms with Crippen LogP contribution >= 0.6 is 0 Å². The van der Waals surface area contributed by atoms with E-state index < -0.39 is 0 Å². The Balaban J connectivity index is 2.35. The summed E-state index contributed by atoms with van der Waals surface area (Å²) in [5.74, 6) is 0.963. The highest BCUT2D eigenvalue weighted by Gasteiger charge is 2.09. The monoisotopic (exact) mass is 361 g/mol. The van der Waals surface area contributed by atoms with Gasteiger partial charge in [-0.25, -0.2) is 0 Å². The Hall–Kier alpha value is -2.24. The molecule has 0 atom stereocenters. The van der Waals surface area contributed by atoms with Crippen LogP contribution in [-0.4, -0.2) is 63.1 Å². The van der Waals surface area contributed by atoms with Gasteiger partial charge < -0.3 is 20.4 Å². The second-order valence-electron chi connectivity index (χ2n) is 6.11. The van der Waals surface area contributed by atoms with Gasteiger partial charge in [0.1, 0.15) is 0 Å². The van der Waals surface area contributed by atoms with Crippen LogP contribution in [0.4, 0.5) is 5.69 Å². The molecule has 1 aromatic carbocycles. The van der Waals surface area contributed by atoms with Crippen LogP contribution in [0.25, 0.3) is 0 Å². The van der Waals surface area contributed by atoms with Crippen molar-refractivity contribution in [2.24, 2.45) is 4.99 Å². The topological polar surface area (TPSA) is 60.0 Å². The largest absolute Gasteiger partial charge is 0.375 e. The van der Waals surface area contributed by atoms with Crippen LogP contribution < -0.4 is 15.5 Å². The van der Waals surface area contributed by atoms with E-state index in [0.29, 0.717) is 13.0 Å². The first kappa shape index (κ1) is 21.8. The number of hydrogen-bond donors (Lipinski definition) is 2. The molecule has 1 aromatic rings. The molecule has 0 saturated heterocycles. The van der Waals surface area contributed by atoms with Gasteiger partial charge >= 0.3 is 0 Å². The van der Waals surface area contributed by atoms with Gasteiger partial charge in [0.05, 0.1) is 0 Å². The molecule has 0 saturated carbocycles. The van der Waals surface area contributed by atoms with Crippen LogP contribution in [0.5, 0.6) is 0 Å². The molecule has 0 aliphatic carbocycles. The first-order valence-electron chi connectivity index (χ1n) is 9.68. The molecular weight excluding hydrogens is 326 g/mol. The summed E-state index contributed by atoms with van der Waals surface area (Å²) in [7, 11) is 2.10. The van der Waals surface area contributed by atoms with Gasteiger partial charge in [0.15, 0.2) is 5.96 Å². The van der Waals surface area contributed by atoms with E-state index in [0.717, 1.165) is 45.1 Å². The van der Waals surface area contributed by atoms with Crippen molar-refractivity contribution in [3.63, 3.8) is 0 Å². The van der Waals surface area contributed by atoms with E-state index in [4.69, 9.17) is 0 Å². The van der Waals surface area contributed by atoms with Crippen molar-refractivity contribution in [3.05, 3.63) is 30.3 Å². The van der Waals surface area contributed by atoms with Crippen LogP contribution in [0.3, 0.4) is 0 Å². The highest BCUT2D eigenvalue weighted by molar-refractivity contribution is 5.81. The Morgan fingerprint density at radius 1 is 1.08 bits per heavy atom. The second-order valence-corrected chi connectivity index (χ2v) is 6.11. The first-order chi connectivity index (χ1) is 12.6. The molecule has 146 valence electrons. The number of amides is 1. The predicted molar refractivity (Wildman–Crippen MR) is 111 cm³/mol. The molecule has 1 rings (SSSR count). The minimum atomic E-state index is 0.183. The van der Waals surface area contributed by atoms with E-state index in [1.165, 1.54) is 5.69 Å². The average Bonchev–Trinajstić information content (AvgIpc) is 2.66. The number of benzene rings is 1. The van der Waals surface area contributed by atoms with E-state index in [1.54, 1.807) is 0 Å². The van der Waals surface area contributed by atoms with Gasteiger partial charge in [-0.15, -0.1) is 0 Å². The van der Waals surface area contributed by atoms with E-state index in [9.17, 15) is 4.79 Å². The van der Waals surface area contributed by atoms with Gasteiger partial charge in [-0.2, -0.15) is 0 Å². The molecule has 2 N–H and O–H groups in total. The zero-order valence-electron chi connectivity index (χ0n) is 16.8. The molecule has 0 unspecified atom stereocenters. The van der Waals surface area contributed by atoms with Crippen LogP contribution in [0.15, 0.2) is 35.3 Å². The Bertz CT molecular complexity index is 528. The number of nitrogens with zero attached hydrogens (tertiary/aromatic N) is 3. The molecule has 0 aliphatic rings. The summed E-state index contributed by atoms with van der Waals surface area (Å²) in [5, 5.41) is 6.49. The maximum atomic E-state index is 12.0. The summed E-state index contributed by atoms with van der Waals surface area (Å²) < 4.78 is 0. The lowest BCUT2D eigenvalue weighted by Gasteiger charge is -2.19. The van der Waals surface area contributed by atoms with Crippen molar-refractivity contribution >= 4 is 17.6 Å². The molecule has 0 aliphatic heterocycles. The fraction of sp³-hybridized carbons (Fsp3) is 0.600. The molecule has 26 heavy (non-hydrogen) atoms. The minimum Gasteiger partial charge on any atom is -0.375 e. The van der Waals surface area contributed by atoms with Crippen molar-refractivity contribution in [2.45, 2.75) is 33.6 Å². The van der Waals surface area contributed by atoms with Crippen molar-refractivity contribution < 1.29 is 4.79 Å². The quantitative estimate of drug-likeness (QED) is 0.361. The number of nitrogens with one attached hydrogen (secondary N) is 2. The number of anilines is 1. The number of rotatable bonds is 11. The normalized spacial score (nSPS) is 11.2. The SMILES string of the molecule is CCNC(=NCCCN(C)c1ccccc1)NCCC(=O)N(CC)CC. The molecule has 0 fully saturated rings. The molecule has 6 nitrogen and oxygen atoms in total. The van der Waals surface area contributed by atoms with Gasteiger partial charge in [0, 0.05) is 58.4 Å². The van der Waals surface area contributed by atoms with Crippen LogP contribution in [0, 0.1) is 0 Å². The lowest BCUT2D eigenvalue weighted by Crippen LogP contribution is -2.40. The van der Waals surface area contributed by atoms with Gasteiger partial charge in [0.2, 0.25) is 5.91 Å². The van der Waals surface area contributed by atoms with E-state index >= 15 is 0 Å². The van der Waals surface area contributed by atoms with E-state index in [2.05, 4.69) is 51.8 Å². The molecule has 6 heteroatoms. The maximum Gasteiger partial charge on any atom is 0.224 e. The highest BCUT2D eigenvalue weighted by atomic mass is 16.2. The van der Waals surface area contributed by atoms with Crippen LogP contribution in [-0.2, 0) is 4.79 Å². The molecular formula is C20H35N5O. The van der Waals surface area contributed by atoms with Crippen molar-refractivity contribution in [3.8, 4) is 0 Å². The predicted octanol–water partition coefficient (Wildman–Crippen LogP) is 2.33. The Morgan fingerprint density at radius 2 is 1.77 bits per heavy atom. The molecule has 0 spiro atoms. The lowest BCUT2D eigenvalue weighted by atomic mass is 10.3. The zero-order valence-corrected chi connectivity index (χ0v) is 16.8. The Kier molecular flexibility index (Phi) is 10.9. The van der Waals surface area contributed by atoms with Crippen LogP contribution in [0.2, 0.25) is 0 Å². The number of guanidine groups is 1. The summed E-state index contributed by atoms with van der Waals surface area (Å²) in [6.07, 6.45) is 1.46. The molecule has 0 heterocycles. The van der Waals surface area contributed by atoms with Crippen molar-refractivity contribution in [1.82, 2.24) is 15.5 Å². The molecule has 1 amide bonds. The Labute approximate surface area is 158 Å². The number of hydrogen-bond acceptors (Lipinski definition) is 3. The third-order valence-electron chi connectivity index (χ3n) is 4.21. The number of carbonyl (C=O) groups is 1. The number of para-hydroxylation sites is 1. The first-order valence-corrected chi connectivity index (χ1v) is 9.68. The minimum absolute atomic E-state index is 0.183. The van der Waals surface area contributed by atoms with Gasteiger partial charge in [-0.3, -0.25) is 9.79 Å². The van der Waals surface area contributed by atoms with Gasteiger partial charge in [-0.1, -0.05) is 18.2 Å². The zero-order chi connectivity index (χ0) is 19.2. The fourth-order valence-corrected chi connectivity index (χ4v) is 2.67. The third kappa shape index (κ3) is 8.23. The average molecular weight is 362 g/mol. The highest BCUT2D eigenvalue weighted by Crippen LogP contribution is 2.10. The molecule has 0 radical (unpaired) electrons. The van der Waals surface area contributed by atoms with Crippen molar-refractivity contribution in [2.75, 3.05) is 51.2 Å². The second kappa shape index (κ2) is 13.0. The standard InChI is InChI=1S/C20H35N5O/c1-5-21-20(23-16-14-19(26)25(6-2)7-3)22-15-11-17-24(4)18-12-9-8-10-13-18/h8-10,12-13H,5-7,11,14-17H2,1-4H3,(H2,21,22,23). The summed E-state index contributed by atoms with van der Waals surface area (Å²) >= 11 is 0. The summed E-state index contributed by atoms with van der Waals surface area (Å²) in [6, 6.07) is 10.4. The van der Waals surface area contributed by atoms with Gasteiger partial charge in [-0.05, 0) is 39.3 Å². The maximum absolute atomic E-state index is 12.0. The number of aliphatic imine (C=N–C) groups is 1. The third-order valence-corrected chi connectivity index (χ3v) is 4.21. The lowest BCUT2D eigenvalue weighted by molar-refractivity contribution is -0.130. The summed E-state index contributed by atoms with van der Waals surface area (Å²) in [5.41, 5.74) is 1.22. The van der Waals surface area contributed by atoms with Crippen molar-refractivity contribution in [1.29, 1.82) is 0 Å². The summed E-state index contributed by atoms with van der Waals surface area (Å²) in [4.78, 5) is 20.7. The van der Waals surface area contributed by atoms with Crippen LogP contribution in [0.1, 0.15) is 33.6 Å². The smallest absolute Gasteiger partial charge is 0.224 e. The van der Waals surface area contributed by atoms with E-state index in [1.807, 2.05) is 31.7 Å². The van der Waals surface area contributed by atoms with Gasteiger partial charge in [0.25, 0.3) is 0 Å².